The Labute approximate surface area is 183 Å². The number of hydrogen-bond acceptors (Lipinski definition) is 8. The minimum absolute atomic E-state index is 0.0446. The van der Waals surface area contributed by atoms with Gasteiger partial charge in [-0.1, -0.05) is 0 Å². The quantitative estimate of drug-likeness (QED) is 0.108. The van der Waals surface area contributed by atoms with E-state index in [0.29, 0.717) is 13.2 Å². The zero-order chi connectivity index (χ0) is 25.8. The van der Waals surface area contributed by atoms with Crippen molar-refractivity contribution in [2.75, 3.05) is 73.2 Å². The summed E-state index contributed by atoms with van der Waals surface area (Å²) in [6.45, 7) is -5.29. The topological polar surface area (TPSA) is 89.5 Å². The van der Waals surface area contributed by atoms with Crippen molar-refractivity contribution in [3.8, 4) is 0 Å². The standard InChI is InChI=1S/C15H23F9O8S/c1-27-2-3-28-4-5-29-6-7-30-8-9-31-10-12(16,17)14(20,21)13(18,19)11-32-33(25,26)15(22,23)24/h2-11H2,1H3. The maximum absolute atomic E-state index is 13.5. The number of hydrogen-bond donors (Lipinski definition) is 0. The molecule has 0 heterocycles. The monoisotopic (exact) mass is 534 g/mol. The van der Waals surface area contributed by atoms with Gasteiger partial charge in [-0.15, -0.1) is 0 Å². The van der Waals surface area contributed by atoms with Crippen molar-refractivity contribution in [3.05, 3.63) is 0 Å². The van der Waals surface area contributed by atoms with Gasteiger partial charge in [-0.25, -0.2) is 0 Å². The highest BCUT2D eigenvalue weighted by molar-refractivity contribution is 7.87. The molecule has 0 amide bonds. The van der Waals surface area contributed by atoms with Crippen molar-refractivity contribution < 1.29 is 75.8 Å². The molecule has 0 unspecified atom stereocenters. The highest BCUT2D eigenvalue weighted by atomic mass is 32.2. The molecule has 0 saturated heterocycles. The van der Waals surface area contributed by atoms with E-state index in [9.17, 15) is 47.9 Å². The Balaban J connectivity index is 4.29. The van der Waals surface area contributed by atoms with E-state index < -0.39 is 59.8 Å². The van der Waals surface area contributed by atoms with Crippen molar-refractivity contribution in [2.45, 2.75) is 23.3 Å². The Morgan fingerprint density at radius 2 is 0.939 bits per heavy atom. The molecule has 0 radical (unpaired) electrons. The van der Waals surface area contributed by atoms with Crippen LogP contribution in [0.15, 0.2) is 0 Å². The van der Waals surface area contributed by atoms with E-state index in [0.717, 1.165) is 0 Å². The molecule has 0 fully saturated rings. The molecule has 0 aliphatic carbocycles. The first kappa shape index (κ1) is 32.1. The predicted molar refractivity (Wildman–Crippen MR) is 90.9 cm³/mol. The van der Waals surface area contributed by atoms with E-state index in [4.69, 9.17) is 18.9 Å². The molecular weight excluding hydrogens is 511 g/mol. The third-order valence-corrected chi connectivity index (χ3v) is 4.42. The van der Waals surface area contributed by atoms with Crippen LogP contribution in [-0.2, 0) is 38.0 Å². The number of ether oxygens (including phenoxy) is 5. The fourth-order valence-electron chi connectivity index (χ4n) is 1.67. The van der Waals surface area contributed by atoms with Gasteiger partial charge in [0.05, 0.1) is 52.9 Å². The van der Waals surface area contributed by atoms with Crippen LogP contribution in [-0.4, -0.2) is 105 Å². The van der Waals surface area contributed by atoms with Crippen LogP contribution < -0.4 is 0 Å². The summed E-state index contributed by atoms with van der Waals surface area (Å²) in [7, 11) is -5.21. The van der Waals surface area contributed by atoms with Crippen molar-refractivity contribution in [1.82, 2.24) is 0 Å². The molecule has 0 aromatic heterocycles. The van der Waals surface area contributed by atoms with Crippen molar-refractivity contribution >= 4 is 10.1 Å². The average molecular weight is 534 g/mol. The minimum atomic E-state index is -6.71. The average Bonchev–Trinajstić information content (AvgIpc) is 2.69. The van der Waals surface area contributed by atoms with E-state index in [-0.39, 0.29) is 26.4 Å². The molecule has 33 heavy (non-hydrogen) atoms. The van der Waals surface area contributed by atoms with Crippen LogP contribution in [0.25, 0.3) is 0 Å². The Morgan fingerprint density at radius 1 is 0.576 bits per heavy atom. The number of alkyl halides is 9. The maximum Gasteiger partial charge on any atom is 0.523 e. The molecule has 200 valence electrons. The number of halogens is 9. The van der Waals surface area contributed by atoms with Gasteiger partial charge < -0.3 is 23.7 Å². The summed E-state index contributed by atoms with van der Waals surface area (Å²) < 4.78 is 165. The summed E-state index contributed by atoms with van der Waals surface area (Å²) in [5.74, 6) is -17.9. The second-order valence-electron chi connectivity index (χ2n) is 6.03. The summed E-state index contributed by atoms with van der Waals surface area (Å²) in [5, 5.41) is 0. The number of methoxy groups -OCH3 is 1. The molecule has 18 heteroatoms. The maximum atomic E-state index is 13.5. The highest BCUT2D eigenvalue weighted by Crippen LogP contribution is 2.46. The molecule has 0 rings (SSSR count). The lowest BCUT2D eigenvalue weighted by Gasteiger charge is -2.32. The summed E-state index contributed by atoms with van der Waals surface area (Å²) in [4.78, 5) is 0. The molecule has 0 atom stereocenters. The molecule has 0 saturated carbocycles. The van der Waals surface area contributed by atoms with Crippen LogP contribution in [0.5, 0.6) is 0 Å². The molecular formula is C15H23F9O8S. The van der Waals surface area contributed by atoms with Crippen LogP contribution in [0.3, 0.4) is 0 Å². The van der Waals surface area contributed by atoms with Gasteiger partial charge >= 0.3 is 33.4 Å². The smallest absolute Gasteiger partial charge is 0.382 e. The van der Waals surface area contributed by atoms with Gasteiger partial charge in [-0.2, -0.15) is 47.9 Å². The second-order valence-corrected chi connectivity index (χ2v) is 7.63. The van der Waals surface area contributed by atoms with Crippen LogP contribution in [0.1, 0.15) is 0 Å². The van der Waals surface area contributed by atoms with E-state index >= 15 is 0 Å². The van der Waals surface area contributed by atoms with Crippen LogP contribution in [0.4, 0.5) is 39.5 Å². The molecule has 0 N–H and O–H groups in total. The Kier molecular flexibility index (Phi) is 13.5. The zero-order valence-electron chi connectivity index (χ0n) is 17.1. The van der Waals surface area contributed by atoms with Gasteiger partial charge in [0.15, 0.2) is 0 Å². The van der Waals surface area contributed by atoms with E-state index in [1.165, 1.54) is 7.11 Å². The molecule has 8 nitrogen and oxygen atoms in total. The zero-order valence-corrected chi connectivity index (χ0v) is 18.0. The fourth-order valence-corrected chi connectivity index (χ4v) is 2.11. The summed E-state index contributed by atoms with van der Waals surface area (Å²) in [6.07, 6.45) is 0. The van der Waals surface area contributed by atoms with Gasteiger partial charge in [0.25, 0.3) is 0 Å². The second kappa shape index (κ2) is 13.8. The lowest BCUT2D eigenvalue weighted by Crippen LogP contribution is -2.58. The van der Waals surface area contributed by atoms with Crippen LogP contribution in [0.2, 0.25) is 0 Å². The van der Waals surface area contributed by atoms with Gasteiger partial charge in [0.1, 0.15) is 13.2 Å². The lowest BCUT2D eigenvalue weighted by molar-refractivity contribution is -0.324. The number of rotatable bonds is 19. The first-order chi connectivity index (χ1) is 15.0. The summed E-state index contributed by atoms with van der Waals surface area (Å²) in [6, 6.07) is 0. The fraction of sp³-hybridized carbons (Fsp3) is 1.00. The van der Waals surface area contributed by atoms with E-state index in [1.54, 1.807) is 0 Å². The van der Waals surface area contributed by atoms with Crippen molar-refractivity contribution in [2.24, 2.45) is 0 Å². The van der Waals surface area contributed by atoms with Crippen molar-refractivity contribution in [1.29, 1.82) is 0 Å². The van der Waals surface area contributed by atoms with E-state index in [2.05, 4.69) is 8.92 Å². The molecule has 0 bridgehead atoms. The normalized spacial score (nSPS) is 14.1. The van der Waals surface area contributed by atoms with Crippen LogP contribution in [0, 0.1) is 0 Å². The SMILES string of the molecule is COCCOCCOCCOCCOCC(F)(F)C(F)(F)C(F)(F)COS(=O)(=O)C(F)(F)F. The molecule has 0 aliphatic rings. The van der Waals surface area contributed by atoms with Crippen LogP contribution >= 0.6 is 0 Å². The summed E-state index contributed by atoms with van der Waals surface area (Å²) >= 11 is 0. The molecule has 0 spiro atoms. The van der Waals surface area contributed by atoms with Crippen molar-refractivity contribution in [3.63, 3.8) is 0 Å². The molecule has 0 aromatic carbocycles. The third kappa shape index (κ3) is 10.9. The van der Waals surface area contributed by atoms with E-state index in [1.807, 2.05) is 0 Å². The summed E-state index contributed by atoms with van der Waals surface area (Å²) in [5.41, 5.74) is -6.22. The highest BCUT2D eigenvalue weighted by Gasteiger charge is 2.72. The van der Waals surface area contributed by atoms with Gasteiger partial charge in [-0.05, 0) is 0 Å². The van der Waals surface area contributed by atoms with Gasteiger partial charge in [-0.3, -0.25) is 4.18 Å². The largest absolute Gasteiger partial charge is 0.523 e. The molecule has 0 aliphatic heterocycles. The Morgan fingerprint density at radius 3 is 1.33 bits per heavy atom. The van der Waals surface area contributed by atoms with Gasteiger partial charge in [0.2, 0.25) is 0 Å². The first-order valence-corrected chi connectivity index (χ1v) is 10.3. The lowest BCUT2D eigenvalue weighted by atomic mass is 10.1. The minimum Gasteiger partial charge on any atom is -0.382 e. The third-order valence-electron chi connectivity index (χ3n) is 3.43. The van der Waals surface area contributed by atoms with Gasteiger partial charge in [0, 0.05) is 7.11 Å². The molecule has 0 aromatic rings. The first-order valence-electron chi connectivity index (χ1n) is 8.91. The predicted octanol–water partition coefficient (Wildman–Crippen LogP) is 2.47. The Hall–Kier alpha value is -0.920. The Bertz CT molecular complexity index is 644.